The van der Waals surface area contributed by atoms with E-state index in [1.54, 1.807) is 24.3 Å². The van der Waals surface area contributed by atoms with Crippen molar-refractivity contribution in [1.29, 1.82) is 0 Å². The first-order valence-corrected chi connectivity index (χ1v) is 8.35. The Labute approximate surface area is 157 Å². The van der Waals surface area contributed by atoms with Crippen LogP contribution in [0.4, 0.5) is 5.69 Å². The average molecular weight is 373 g/mol. The van der Waals surface area contributed by atoms with Crippen LogP contribution in [0.5, 0.6) is 17.2 Å². The molecule has 0 aliphatic carbocycles. The molecule has 0 aliphatic heterocycles. The van der Waals surface area contributed by atoms with E-state index in [4.69, 9.17) is 14.2 Å². The summed E-state index contributed by atoms with van der Waals surface area (Å²) in [5.41, 5.74) is 1.12. The first-order chi connectivity index (χ1) is 13.0. The van der Waals surface area contributed by atoms with Gasteiger partial charge >= 0.3 is 5.97 Å². The number of amides is 1. The van der Waals surface area contributed by atoms with Crippen molar-refractivity contribution in [3.05, 3.63) is 48.0 Å². The summed E-state index contributed by atoms with van der Waals surface area (Å²) in [6.07, 6.45) is -0.0963. The molecule has 0 aliphatic rings. The summed E-state index contributed by atoms with van der Waals surface area (Å²) in [5, 5.41) is 12.0. The molecule has 0 saturated carbocycles. The minimum Gasteiger partial charge on any atom is -0.496 e. The van der Waals surface area contributed by atoms with Gasteiger partial charge < -0.3 is 24.6 Å². The lowest BCUT2D eigenvalue weighted by Crippen LogP contribution is -2.27. The van der Waals surface area contributed by atoms with Crippen LogP contribution in [0.3, 0.4) is 0 Å². The van der Waals surface area contributed by atoms with E-state index in [-0.39, 0.29) is 12.8 Å². The molecule has 2 rings (SSSR count). The van der Waals surface area contributed by atoms with E-state index in [1.165, 1.54) is 21.3 Å². The third-order valence-corrected chi connectivity index (χ3v) is 4.13. The Kier molecular flexibility index (Phi) is 7.05. The fourth-order valence-corrected chi connectivity index (χ4v) is 2.81. The van der Waals surface area contributed by atoms with Gasteiger partial charge in [-0.15, -0.1) is 0 Å². The number of hydrogen-bond donors (Lipinski definition) is 2. The van der Waals surface area contributed by atoms with Crippen molar-refractivity contribution in [3.8, 4) is 17.2 Å². The second-order valence-electron chi connectivity index (χ2n) is 5.84. The topological polar surface area (TPSA) is 94.1 Å². The van der Waals surface area contributed by atoms with E-state index in [1.807, 2.05) is 18.2 Å². The molecule has 1 amide bonds. The third-order valence-electron chi connectivity index (χ3n) is 4.13. The van der Waals surface area contributed by atoms with E-state index in [0.29, 0.717) is 22.9 Å². The maximum Gasteiger partial charge on any atom is 0.304 e. The Balaban J connectivity index is 2.29. The van der Waals surface area contributed by atoms with Gasteiger partial charge in [-0.3, -0.25) is 9.59 Å². The van der Waals surface area contributed by atoms with Gasteiger partial charge in [-0.1, -0.05) is 24.3 Å². The van der Waals surface area contributed by atoms with Crippen LogP contribution in [0.1, 0.15) is 12.0 Å². The predicted octanol–water partition coefficient (Wildman–Crippen LogP) is 2.98. The molecule has 7 nitrogen and oxygen atoms in total. The molecule has 2 aromatic carbocycles. The van der Waals surface area contributed by atoms with Crippen LogP contribution < -0.4 is 19.5 Å². The van der Waals surface area contributed by atoms with Crippen molar-refractivity contribution < 1.29 is 28.9 Å². The lowest BCUT2D eigenvalue weighted by Gasteiger charge is -2.19. The molecule has 2 aromatic rings. The van der Waals surface area contributed by atoms with Gasteiger partial charge in [0, 0.05) is 0 Å². The molecule has 0 fully saturated rings. The summed E-state index contributed by atoms with van der Waals surface area (Å²) in [6, 6.07) is 12.3. The molecule has 0 radical (unpaired) electrons. The van der Waals surface area contributed by atoms with Crippen LogP contribution in [0, 0.1) is 5.92 Å². The van der Waals surface area contributed by atoms with Crippen LogP contribution in [0.25, 0.3) is 0 Å². The Morgan fingerprint density at radius 2 is 1.48 bits per heavy atom. The highest BCUT2D eigenvalue weighted by Crippen LogP contribution is 2.35. The lowest BCUT2D eigenvalue weighted by atomic mass is 9.94. The molecule has 2 N–H and O–H groups in total. The van der Waals surface area contributed by atoms with Crippen LogP contribution in [0.2, 0.25) is 0 Å². The highest BCUT2D eigenvalue weighted by atomic mass is 16.5. The van der Waals surface area contributed by atoms with Crippen LogP contribution in [-0.4, -0.2) is 38.3 Å². The van der Waals surface area contributed by atoms with E-state index >= 15 is 0 Å². The van der Waals surface area contributed by atoms with Gasteiger partial charge in [0.15, 0.2) is 0 Å². The smallest absolute Gasteiger partial charge is 0.304 e. The molecule has 27 heavy (non-hydrogen) atoms. The molecular formula is C20H23NO6. The number of anilines is 1. The van der Waals surface area contributed by atoms with E-state index < -0.39 is 17.8 Å². The number of nitrogens with one attached hydrogen (secondary N) is 1. The summed E-state index contributed by atoms with van der Waals surface area (Å²) < 4.78 is 15.8. The normalized spacial score (nSPS) is 11.4. The minimum absolute atomic E-state index is 0.222. The van der Waals surface area contributed by atoms with Gasteiger partial charge in [0.05, 0.1) is 33.7 Å². The lowest BCUT2D eigenvalue weighted by molar-refractivity contribution is -0.140. The van der Waals surface area contributed by atoms with Crippen LogP contribution in [0.15, 0.2) is 42.5 Å². The number of carboxylic acid groups (broad SMARTS) is 1. The maximum absolute atomic E-state index is 12.9. The second-order valence-corrected chi connectivity index (χ2v) is 5.84. The first kappa shape index (κ1) is 20.1. The van der Waals surface area contributed by atoms with Gasteiger partial charge in [-0.2, -0.15) is 0 Å². The molecule has 0 spiro atoms. The maximum atomic E-state index is 12.9. The monoisotopic (exact) mass is 373 g/mol. The molecule has 0 saturated heterocycles. The number of hydrogen-bond acceptors (Lipinski definition) is 5. The van der Waals surface area contributed by atoms with E-state index in [9.17, 15) is 14.7 Å². The number of rotatable bonds is 9. The molecule has 7 heteroatoms. The van der Waals surface area contributed by atoms with Crippen molar-refractivity contribution in [3.63, 3.8) is 0 Å². The minimum atomic E-state index is -1.06. The number of ether oxygens (including phenoxy) is 3. The quantitative estimate of drug-likeness (QED) is 0.702. The van der Waals surface area contributed by atoms with Crippen molar-refractivity contribution in [2.45, 2.75) is 12.8 Å². The number of benzene rings is 2. The number of carbonyl (C=O) groups is 2. The summed E-state index contributed by atoms with van der Waals surface area (Å²) in [7, 11) is 4.49. The van der Waals surface area contributed by atoms with Crippen molar-refractivity contribution in [1.82, 2.24) is 0 Å². The second kappa shape index (κ2) is 9.47. The highest BCUT2D eigenvalue weighted by Gasteiger charge is 2.25. The highest BCUT2D eigenvalue weighted by molar-refractivity contribution is 5.97. The van der Waals surface area contributed by atoms with Gasteiger partial charge in [-0.05, 0) is 30.2 Å². The fraction of sp³-hybridized carbons (Fsp3) is 0.300. The number of para-hydroxylation sites is 2. The fourth-order valence-electron chi connectivity index (χ4n) is 2.81. The summed E-state index contributed by atoms with van der Waals surface area (Å²) in [4.78, 5) is 24.2. The van der Waals surface area contributed by atoms with Crippen molar-refractivity contribution >= 4 is 17.6 Å². The molecule has 0 heterocycles. The Morgan fingerprint density at radius 1 is 0.926 bits per heavy atom. The van der Waals surface area contributed by atoms with Crippen LogP contribution in [-0.2, 0) is 16.0 Å². The first-order valence-electron chi connectivity index (χ1n) is 8.35. The van der Waals surface area contributed by atoms with Crippen molar-refractivity contribution in [2.24, 2.45) is 5.92 Å². The number of methoxy groups -OCH3 is 3. The molecule has 144 valence electrons. The molecule has 0 bridgehead atoms. The summed E-state index contributed by atoms with van der Waals surface area (Å²) >= 11 is 0. The van der Waals surface area contributed by atoms with Gasteiger partial charge in [0.1, 0.15) is 22.9 Å². The van der Waals surface area contributed by atoms with Gasteiger partial charge in [0.25, 0.3) is 0 Å². The van der Waals surface area contributed by atoms with Crippen molar-refractivity contribution in [2.75, 3.05) is 26.6 Å². The summed E-state index contributed by atoms with van der Waals surface area (Å²) in [6.45, 7) is 0. The zero-order valence-corrected chi connectivity index (χ0v) is 15.5. The Hall–Kier alpha value is -3.22. The largest absolute Gasteiger partial charge is 0.496 e. The van der Waals surface area contributed by atoms with Crippen LogP contribution >= 0.6 is 0 Å². The Morgan fingerprint density at radius 3 is 2.04 bits per heavy atom. The predicted molar refractivity (Wildman–Crippen MR) is 101 cm³/mol. The molecular weight excluding hydrogens is 350 g/mol. The number of aliphatic carboxylic acids is 1. The average Bonchev–Trinajstić information content (AvgIpc) is 2.67. The zero-order valence-electron chi connectivity index (χ0n) is 15.5. The number of carboxylic acids is 1. The van der Waals surface area contributed by atoms with E-state index in [2.05, 4.69) is 5.32 Å². The molecule has 1 atom stereocenters. The standard InChI is InChI=1S/C20H23NO6/c1-25-15-8-5-4-7-13(15)11-14(12-18(22)23)20(24)21-19-16(26-2)9-6-10-17(19)27-3/h4-10,14H,11-12H2,1-3H3,(H,21,24)(H,22,23)/t14-/m1/s1. The van der Waals surface area contributed by atoms with Gasteiger partial charge in [0.2, 0.25) is 5.91 Å². The zero-order chi connectivity index (χ0) is 19.8. The number of carbonyl (C=O) groups excluding carboxylic acids is 1. The third kappa shape index (κ3) is 5.13. The molecule has 0 unspecified atom stereocenters. The molecule has 0 aromatic heterocycles. The van der Waals surface area contributed by atoms with Gasteiger partial charge in [-0.25, -0.2) is 0 Å². The summed E-state index contributed by atoms with van der Waals surface area (Å²) in [5.74, 6) is -0.838. The van der Waals surface area contributed by atoms with E-state index in [0.717, 1.165) is 5.56 Å². The Bertz CT molecular complexity index is 783. The SMILES string of the molecule is COc1ccccc1C[C@H](CC(=O)O)C(=O)Nc1c(OC)cccc1OC.